The van der Waals surface area contributed by atoms with Gasteiger partial charge in [-0.15, -0.1) is 0 Å². The van der Waals surface area contributed by atoms with Crippen LogP contribution in [0.4, 0.5) is 13.9 Å². The average molecular weight is 310 g/mol. The van der Waals surface area contributed by atoms with Gasteiger partial charge in [-0.3, -0.25) is 0 Å². The number of thiazole rings is 1. The van der Waals surface area contributed by atoms with Crippen LogP contribution in [-0.4, -0.2) is 21.7 Å². The molecule has 0 spiro atoms. The van der Waals surface area contributed by atoms with Gasteiger partial charge in [-0.05, 0) is 12.1 Å². The van der Waals surface area contributed by atoms with Crippen LogP contribution in [0.15, 0.2) is 35.0 Å². The van der Waals surface area contributed by atoms with Gasteiger partial charge in [-0.25, -0.2) is 4.98 Å². The van der Waals surface area contributed by atoms with Crippen LogP contribution >= 0.6 is 11.3 Å². The summed E-state index contributed by atoms with van der Waals surface area (Å²) in [5.74, 6) is 0.336. The molecule has 1 aromatic carbocycles. The molecule has 0 saturated heterocycles. The summed E-state index contributed by atoms with van der Waals surface area (Å²) < 4.78 is 34.3. The first-order valence-electron chi connectivity index (χ1n) is 5.73. The van der Waals surface area contributed by atoms with Gasteiger partial charge < -0.3 is 15.0 Å². The zero-order chi connectivity index (χ0) is 14.8. The Hall–Kier alpha value is -2.55. The molecule has 6 nitrogen and oxygen atoms in total. The molecule has 0 atom stereocenters. The summed E-state index contributed by atoms with van der Waals surface area (Å²) in [5.41, 5.74) is 5.84. The lowest BCUT2D eigenvalue weighted by Gasteiger charge is -2.07. The zero-order valence-corrected chi connectivity index (χ0v) is 11.2. The van der Waals surface area contributed by atoms with E-state index in [9.17, 15) is 8.78 Å². The Morgan fingerprint density at radius 1 is 1.29 bits per heavy atom. The van der Waals surface area contributed by atoms with Crippen LogP contribution in [0.5, 0.6) is 5.75 Å². The number of hydrogen-bond donors (Lipinski definition) is 1. The molecule has 0 fully saturated rings. The molecular weight excluding hydrogens is 302 g/mol. The lowest BCUT2D eigenvalue weighted by molar-refractivity contribution is -0.0494. The van der Waals surface area contributed by atoms with E-state index in [1.807, 2.05) is 0 Å². The topological polar surface area (TPSA) is 87.1 Å². The number of alkyl halides is 2. The van der Waals surface area contributed by atoms with Gasteiger partial charge in [0.1, 0.15) is 10.6 Å². The molecule has 3 rings (SSSR count). The number of nitrogen functional groups attached to an aromatic ring is 1. The Labute approximate surface area is 121 Å². The van der Waals surface area contributed by atoms with Gasteiger partial charge in [0, 0.05) is 0 Å². The fraction of sp³-hybridized carbons (Fsp3) is 0.0833. The quantitative estimate of drug-likeness (QED) is 0.797. The summed E-state index contributed by atoms with van der Waals surface area (Å²) >= 11 is 1.18. The van der Waals surface area contributed by atoms with Gasteiger partial charge >= 0.3 is 6.61 Å². The lowest BCUT2D eigenvalue weighted by atomic mass is 10.2. The highest BCUT2D eigenvalue weighted by Crippen LogP contribution is 2.32. The molecule has 2 N–H and O–H groups in total. The van der Waals surface area contributed by atoms with E-state index < -0.39 is 6.61 Å². The minimum absolute atomic E-state index is 0.0244. The number of para-hydroxylation sites is 1. The van der Waals surface area contributed by atoms with Crippen molar-refractivity contribution in [3.05, 3.63) is 30.5 Å². The number of halogens is 2. The highest BCUT2D eigenvalue weighted by Gasteiger charge is 2.17. The summed E-state index contributed by atoms with van der Waals surface area (Å²) in [6.45, 7) is -2.93. The zero-order valence-electron chi connectivity index (χ0n) is 10.4. The number of rotatable bonds is 4. The van der Waals surface area contributed by atoms with Crippen molar-refractivity contribution >= 4 is 16.5 Å². The Kier molecular flexibility index (Phi) is 3.48. The predicted molar refractivity (Wildman–Crippen MR) is 71.9 cm³/mol. The third kappa shape index (κ3) is 2.82. The molecule has 2 heterocycles. The van der Waals surface area contributed by atoms with E-state index in [1.54, 1.807) is 18.2 Å². The highest BCUT2D eigenvalue weighted by molar-refractivity contribution is 7.18. The van der Waals surface area contributed by atoms with Crippen LogP contribution in [0, 0.1) is 0 Å². The highest BCUT2D eigenvalue weighted by atomic mass is 32.1. The maximum absolute atomic E-state index is 12.4. The Balaban J connectivity index is 1.97. The van der Waals surface area contributed by atoms with Gasteiger partial charge in [0.05, 0.1) is 11.8 Å². The van der Waals surface area contributed by atoms with Crippen molar-refractivity contribution < 1.29 is 18.0 Å². The molecule has 9 heteroatoms. The molecule has 0 amide bonds. The van der Waals surface area contributed by atoms with Gasteiger partial charge in [0.15, 0.2) is 5.13 Å². The van der Waals surface area contributed by atoms with Crippen LogP contribution in [0.2, 0.25) is 0 Å². The van der Waals surface area contributed by atoms with Gasteiger partial charge in [0.25, 0.3) is 5.89 Å². The number of nitrogens with zero attached hydrogens (tertiary/aromatic N) is 3. The number of aromatic nitrogens is 3. The first-order valence-corrected chi connectivity index (χ1v) is 6.55. The van der Waals surface area contributed by atoms with Crippen LogP contribution in [0.1, 0.15) is 0 Å². The fourth-order valence-electron chi connectivity index (χ4n) is 1.67. The minimum Gasteiger partial charge on any atom is -0.434 e. The summed E-state index contributed by atoms with van der Waals surface area (Å²) in [5, 5.41) is 4.13. The molecule has 0 aliphatic carbocycles. The standard InChI is InChI=1S/C12H8F2N4O2S/c13-11(14)19-7-4-2-1-3-6(7)9-17-10(20-18-9)8-5-16-12(15)21-8/h1-5,11H,(H2,15,16). The monoisotopic (exact) mass is 310 g/mol. The second kappa shape index (κ2) is 5.44. The molecule has 0 aliphatic heterocycles. The third-order valence-electron chi connectivity index (χ3n) is 2.50. The first-order chi connectivity index (χ1) is 10.1. The van der Waals surface area contributed by atoms with Crippen LogP contribution in [0.3, 0.4) is 0 Å². The number of benzene rings is 1. The van der Waals surface area contributed by atoms with Crippen molar-refractivity contribution in [2.45, 2.75) is 6.61 Å². The van der Waals surface area contributed by atoms with E-state index in [1.165, 1.54) is 23.6 Å². The predicted octanol–water partition coefficient (Wildman–Crippen LogP) is 3.04. The van der Waals surface area contributed by atoms with Crippen molar-refractivity contribution in [2.24, 2.45) is 0 Å². The summed E-state index contributed by atoms with van der Waals surface area (Å²) in [6, 6.07) is 6.20. The Morgan fingerprint density at radius 3 is 2.81 bits per heavy atom. The summed E-state index contributed by atoms with van der Waals surface area (Å²) in [6.07, 6.45) is 1.50. The molecule has 2 aromatic heterocycles. The molecule has 21 heavy (non-hydrogen) atoms. The number of anilines is 1. The van der Waals surface area contributed by atoms with Gasteiger partial charge in [0.2, 0.25) is 5.82 Å². The average Bonchev–Trinajstić information content (AvgIpc) is 3.07. The van der Waals surface area contributed by atoms with Crippen LogP contribution in [0.25, 0.3) is 22.2 Å². The smallest absolute Gasteiger partial charge is 0.387 e. The number of ether oxygens (including phenoxy) is 1. The lowest BCUT2D eigenvalue weighted by Crippen LogP contribution is -2.03. The SMILES string of the molecule is Nc1ncc(-c2nc(-c3ccccc3OC(F)F)no2)s1. The van der Waals surface area contributed by atoms with Crippen molar-refractivity contribution in [1.29, 1.82) is 0 Å². The first kappa shape index (κ1) is 13.4. The second-order valence-electron chi connectivity index (χ2n) is 3.86. The van der Waals surface area contributed by atoms with Crippen LogP contribution < -0.4 is 10.5 Å². The molecule has 0 bridgehead atoms. The Morgan fingerprint density at radius 2 is 2.10 bits per heavy atom. The van der Waals surface area contributed by atoms with Crippen LogP contribution in [-0.2, 0) is 0 Å². The summed E-state index contributed by atoms with van der Waals surface area (Å²) in [7, 11) is 0. The second-order valence-corrected chi connectivity index (χ2v) is 4.92. The van der Waals surface area contributed by atoms with Crippen molar-refractivity contribution in [2.75, 3.05) is 5.73 Å². The number of nitrogens with two attached hydrogens (primary N) is 1. The van der Waals surface area contributed by atoms with E-state index >= 15 is 0 Å². The molecule has 0 radical (unpaired) electrons. The molecule has 0 aliphatic rings. The van der Waals surface area contributed by atoms with E-state index in [2.05, 4.69) is 19.9 Å². The maximum Gasteiger partial charge on any atom is 0.387 e. The molecule has 0 unspecified atom stereocenters. The van der Waals surface area contributed by atoms with E-state index in [-0.39, 0.29) is 17.5 Å². The molecule has 3 aromatic rings. The van der Waals surface area contributed by atoms with Crippen molar-refractivity contribution in [1.82, 2.24) is 15.1 Å². The van der Waals surface area contributed by atoms with E-state index in [0.29, 0.717) is 15.6 Å². The van der Waals surface area contributed by atoms with Crippen molar-refractivity contribution in [3.8, 4) is 27.9 Å². The molecule has 0 saturated carbocycles. The van der Waals surface area contributed by atoms with Gasteiger partial charge in [-0.2, -0.15) is 13.8 Å². The number of hydrogen-bond acceptors (Lipinski definition) is 7. The van der Waals surface area contributed by atoms with Gasteiger partial charge in [-0.1, -0.05) is 28.6 Å². The summed E-state index contributed by atoms with van der Waals surface area (Å²) in [4.78, 5) is 8.62. The fourth-order valence-corrected chi connectivity index (χ4v) is 2.28. The van der Waals surface area contributed by atoms with Crippen molar-refractivity contribution in [3.63, 3.8) is 0 Å². The van der Waals surface area contributed by atoms with E-state index in [0.717, 1.165) is 0 Å². The maximum atomic E-state index is 12.4. The Bertz CT molecular complexity index is 759. The normalized spacial score (nSPS) is 11.0. The van der Waals surface area contributed by atoms with E-state index in [4.69, 9.17) is 10.3 Å². The largest absolute Gasteiger partial charge is 0.434 e. The molecule has 108 valence electrons. The third-order valence-corrected chi connectivity index (χ3v) is 3.32. The minimum atomic E-state index is -2.93. The molecular formula is C12H8F2N4O2S.